The largest absolute Gasteiger partial charge is 0.457 e. The summed E-state index contributed by atoms with van der Waals surface area (Å²) in [5, 5.41) is 12.5. The fourth-order valence-electron chi connectivity index (χ4n) is 1.84. The number of rotatable bonds is 6. The predicted molar refractivity (Wildman–Crippen MR) is 80.9 cm³/mol. The topological polar surface area (TPSA) is 41.5 Å². The first-order valence-electron chi connectivity index (χ1n) is 6.87. The van der Waals surface area contributed by atoms with Gasteiger partial charge in [-0.1, -0.05) is 38.1 Å². The van der Waals surface area contributed by atoms with Crippen molar-refractivity contribution < 1.29 is 9.84 Å². The molecule has 0 radical (unpaired) electrons. The minimum absolute atomic E-state index is 0.0248. The van der Waals surface area contributed by atoms with Crippen LogP contribution in [0.3, 0.4) is 0 Å². The van der Waals surface area contributed by atoms with Crippen LogP contribution in [0, 0.1) is 0 Å². The van der Waals surface area contributed by atoms with Gasteiger partial charge in [0, 0.05) is 12.6 Å². The molecular weight excluding hydrogens is 250 g/mol. The van der Waals surface area contributed by atoms with E-state index in [1.807, 2.05) is 36.4 Å². The summed E-state index contributed by atoms with van der Waals surface area (Å²) in [6, 6.07) is 16.0. The molecule has 0 fully saturated rings. The van der Waals surface area contributed by atoms with Gasteiger partial charge in [0.15, 0.2) is 0 Å². The number of aliphatic hydroxyl groups excluding tert-OH is 1. The lowest BCUT2D eigenvalue weighted by Crippen LogP contribution is -2.21. The van der Waals surface area contributed by atoms with Crippen LogP contribution in [0.2, 0.25) is 0 Å². The minimum atomic E-state index is 0.0248. The Morgan fingerprint density at radius 1 is 1.00 bits per heavy atom. The minimum Gasteiger partial charge on any atom is -0.457 e. The van der Waals surface area contributed by atoms with E-state index >= 15 is 0 Å². The number of nitrogens with one attached hydrogen (secondary N) is 1. The summed E-state index contributed by atoms with van der Waals surface area (Å²) in [5.41, 5.74) is 2.08. The fraction of sp³-hybridized carbons (Fsp3) is 0.294. The number of benzene rings is 2. The van der Waals surface area contributed by atoms with Gasteiger partial charge in [0.25, 0.3) is 0 Å². The highest BCUT2D eigenvalue weighted by molar-refractivity contribution is 5.35. The third kappa shape index (κ3) is 4.37. The lowest BCUT2D eigenvalue weighted by molar-refractivity contribution is 0.281. The molecule has 0 aromatic heterocycles. The van der Waals surface area contributed by atoms with Crippen LogP contribution < -0.4 is 10.1 Å². The van der Waals surface area contributed by atoms with Crippen molar-refractivity contribution in [3.05, 3.63) is 59.7 Å². The Labute approximate surface area is 120 Å². The SMILES string of the molecule is CC(C)NCc1ccc(Oc2cccc(CO)c2)cc1. The zero-order valence-electron chi connectivity index (χ0n) is 12.0. The second kappa shape index (κ2) is 7.08. The second-order valence-corrected chi connectivity index (χ2v) is 5.09. The Morgan fingerprint density at radius 3 is 2.40 bits per heavy atom. The summed E-state index contributed by atoms with van der Waals surface area (Å²) in [7, 11) is 0. The van der Waals surface area contributed by atoms with Crippen molar-refractivity contribution in [2.75, 3.05) is 0 Å². The zero-order valence-corrected chi connectivity index (χ0v) is 12.0. The van der Waals surface area contributed by atoms with Crippen LogP contribution in [0.25, 0.3) is 0 Å². The van der Waals surface area contributed by atoms with Crippen LogP contribution in [-0.4, -0.2) is 11.1 Å². The molecule has 20 heavy (non-hydrogen) atoms. The highest BCUT2D eigenvalue weighted by Crippen LogP contribution is 2.22. The summed E-state index contributed by atoms with van der Waals surface area (Å²) in [6.07, 6.45) is 0. The van der Waals surface area contributed by atoms with E-state index in [0.717, 1.165) is 23.6 Å². The standard InChI is InChI=1S/C17H21NO2/c1-13(2)18-11-14-6-8-16(9-7-14)20-17-5-3-4-15(10-17)12-19/h3-10,13,18-19H,11-12H2,1-2H3. The monoisotopic (exact) mass is 271 g/mol. The number of aliphatic hydroxyl groups is 1. The van der Waals surface area contributed by atoms with Crippen molar-refractivity contribution in [1.82, 2.24) is 5.32 Å². The maximum atomic E-state index is 9.11. The molecule has 3 nitrogen and oxygen atoms in total. The first kappa shape index (κ1) is 14.6. The van der Waals surface area contributed by atoms with Gasteiger partial charge in [0.1, 0.15) is 11.5 Å². The number of ether oxygens (including phenoxy) is 1. The quantitative estimate of drug-likeness (QED) is 0.845. The van der Waals surface area contributed by atoms with E-state index in [0.29, 0.717) is 6.04 Å². The molecule has 0 heterocycles. The average Bonchev–Trinajstić information content (AvgIpc) is 2.47. The van der Waals surface area contributed by atoms with E-state index in [4.69, 9.17) is 9.84 Å². The summed E-state index contributed by atoms with van der Waals surface area (Å²) >= 11 is 0. The lowest BCUT2D eigenvalue weighted by atomic mass is 10.2. The first-order valence-corrected chi connectivity index (χ1v) is 6.87. The molecule has 0 spiro atoms. The highest BCUT2D eigenvalue weighted by Gasteiger charge is 2.00. The van der Waals surface area contributed by atoms with Gasteiger partial charge in [-0.3, -0.25) is 0 Å². The molecule has 0 aliphatic carbocycles. The van der Waals surface area contributed by atoms with Crippen LogP contribution in [0.15, 0.2) is 48.5 Å². The van der Waals surface area contributed by atoms with Crippen LogP contribution >= 0.6 is 0 Å². The first-order chi connectivity index (χ1) is 9.67. The van der Waals surface area contributed by atoms with Gasteiger partial charge in [-0.2, -0.15) is 0 Å². The Hall–Kier alpha value is -1.84. The molecule has 106 valence electrons. The fourth-order valence-corrected chi connectivity index (χ4v) is 1.84. The maximum Gasteiger partial charge on any atom is 0.127 e. The van der Waals surface area contributed by atoms with E-state index in [1.54, 1.807) is 0 Å². The third-order valence-electron chi connectivity index (χ3n) is 2.95. The predicted octanol–water partition coefficient (Wildman–Crippen LogP) is 3.47. The van der Waals surface area contributed by atoms with Crippen molar-refractivity contribution in [3.63, 3.8) is 0 Å². The van der Waals surface area contributed by atoms with Gasteiger partial charge in [-0.25, -0.2) is 0 Å². The second-order valence-electron chi connectivity index (χ2n) is 5.09. The molecule has 0 amide bonds. The molecule has 0 saturated heterocycles. The van der Waals surface area contributed by atoms with Crippen molar-refractivity contribution >= 4 is 0 Å². The maximum absolute atomic E-state index is 9.11. The van der Waals surface area contributed by atoms with E-state index in [-0.39, 0.29) is 6.61 Å². The molecule has 2 aromatic rings. The molecule has 0 atom stereocenters. The van der Waals surface area contributed by atoms with Gasteiger partial charge in [-0.15, -0.1) is 0 Å². The molecule has 3 heteroatoms. The normalized spacial score (nSPS) is 10.8. The third-order valence-corrected chi connectivity index (χ3v) is 2.95. The molecule has 0 aliphatic heterocycles. The van der Waals surface area contributed by atoms with Gasteiger partial charge in [0.05, 0.1) is 6.61 Å². The molecule has 2 rings (SSSR count). The Bertz CT molecular complexity index is 535. The van der Waals surface area contributed by atoms with Crippen molar-refractivity contribution in [3.8, 4) is 11.5 Å². The Morgan fingerprint density at radius 2 is 1.75 bits per heavy atom. The van der Waals surface area contributed by atoms with E-state index in [9.17, 15) is 0 Å². The molecule has 0 aliphatic rings. The molecule has 2 N–H and O–H groups in total. The van der Waals surface area contributed by atoms with Crippen molar-refractivity contribution in [1.29, 1.82) is 0 Å². The van der Waals surface area contributed by atoms with Crippen LogP contribution in [0.4, 0.5) is 0 Å². The zero-order chi connectivity index (χ0) is 14.4. The van der Waals surface area contributed by atoms with Gasteiger partial charge in [-0.05, 0) is 35.4 Å². The summed E-state index contributed by atoms with van der Waals surface area (Å²) in [5.74, 6) is 1.54. The lowest BCUT2D eigenvalue weighted by Gasteiger charge is -2.10. The van der Waals surface area contributed by atoms with Crippen molar-refractivity contribution in [2.45, 2.75) is 33.0 Å². The van der Waals surface area contributed by atoms with Crippen LogP contribution in [0.1, 0.15) is 25.0 Å². The smallest absolute Gasteiger partial charge is 0.127 e. The molecule has 0 bridgehead atoms. The molecule has 0 unspecified atom stereocenters. The van der Waals surface area contributed by atoms with Gasteiger partial charge < -0.3 is 15.2 Å². The number of hydrogen-bond acceptors (Lipinski definition) is 3. The van der Waals surface area contributed by atoms with Crippen molar-refractivity contribution in [2.24, 2.45) is 0 Å². The highest BCUT2D eigenvalue weighted by atomic mass is 16.5. The Balaban J connectivity index is 1.99. The van der Waals surface area contributed by atoms with E-state index in [1.165, 1.54) is 5.56 Å². The molecule has 2 aromatic carbocycles. The summed E-state index contributed by atoms with van der Waals surface area (Å²) in [6.45, 7) is 5.15. The Kier molecular flexibility index (Phi) is 5.16. The summed E-state index contributed by atoms with van der Waals surface area (Å²) < 4.78 is 5.77. The van der Waals surface area contributed by atoms with E-state index < -0.39 is 0 Å². The van der Waals surface area contributed by atoms with Gasteiger partial charge in [0.2, 0.25) is 0 Å². The van der Waals surface area contributed by atoms with Crippen LogP contribution in [-0.2, 0) is 13.2 Å². The average molecular weight is 271 g/mol. The number of hydrogen-bond donors (Lipinski definition) is 2. The molecule has 0 saturated carbocycles. The van der Waals surface area contributed by atoms with Crippen LogP contribution in [0.5, 0.6) is 11.5 Å². The van der Waals surface area contributed by atoms with E-state index in [2.05, 4.69) is 31.3 Å². The molecular formula is C17H21NO2. The summed E-state index contributed by atoms with van der Waals surface area (Å²) in [4.78, 5) is 0. The van der Waals surface area contributed by atoms with Gasteiger partial charge >= 0.3 is 0 Å².